The van der Waals surface area contributed by atoms with Gasteiger partial charge in [0.1, 0.15) is 5.82 Å². The molecule has 0 radical (unpaired) electrons. The monoisotopic (exact) mass is 173 g/mol. The van der Waals surface area contributed by atoms with E-state index in [-0.39, 0.29) is 0 Å². The van der Waals surface area contributed by atoms with E-state index in [1.54, 1.807) is 6.20 Å². The van der Waals surface area contributed by atoms with E-state index >= 15 is 0 Å². The lowest BCUT2D eigenvalue weighted by Crippen LogP contribution is -1.91. The van der Waals surface area contributed by atoms with Crippen molar-refractivity contribution in [3.8, 4) is 0 Å². The summed E-state index contributed by atoms with van der Waals surface area (Å²) >= 11 is 0. The lowest BCUT2D eigenvalue weighted by atomic mass is 10.1. The number of aromatic nitrogens is 2. The average Bonchev–Trinajstić information content (AvgIpc) is 2.62. The summed E-state index contributed by atoms with van der Waals surface area (Å²) in [5, 5.41) is 0. The number of nitrogens with zero attached hydrogens (tertiary/aromatic N) is 1. The van der Waals surface area contributed by atoms with E-state index in [1.807, 2.05) is 30.5 Å². The van der Waals surface area contributed by atoms with Crippen molar-refractivity contribution in [1.29, 1.82) is 0 Å². The first kappa shape index (κ1) is 7.86. The van der Waals surface area contributed by atoms with Crippen molar-refractivity contribution in [2.75, 3.05) is 5.73 Å². The van der Waals surface area contributed by atoms with E-state index in [0.29, 0.717) is 0 Å². The van der Waals surface area contributed by atoms with Crippen LogP contribution in [-0.4, -0.2) is 9.97 Å². The van der Waals surface area contributed by atoms with Crippen molar-refractivity contribution in [3.05, 3.63) is 48.0 Å². The quantitative estimate of drug-likeness (QED) is 0.677. The van der Waals surface area contributed by atoms with Crippen LogP contribution < -0.4 is 5.73 Å². The number of anilines is 1. The van der Waals surface area contributed by atoms with E-state index in [0.717, 1.165) is 17.9 Å². The summed E-state index contributed by atoms with van der Waals surface area (Å²) in [6.07, 6.45) is 4.41. The summed E-state index contributed by atoms with van der Waals surface area (Å²) in [5.74, 6) is 0.977. The van der Waals surface area contributed by atoms with Gasteiger partial charge in [0.05, 0.1) is 0 Å². The Morgan fingerprint density at radius 1 is 1.23 bits per heavy atom. The molecule has 0 saturated carbocycles. The van der Waals surface area contributed by atoms with Gasteiger partial charge >= 0.3 is 0 Å². The molecule has 0 aliphatic heterocycles. The minimum absolute atomic E-state index is 0.795. The Kier molecular flexibility index (Phi) is 2.00. The molecule has 0 bridgehead atoms. The molecule has 66 valence electrons. The molecule has 0 aliphatic carbocycles. The average molecular weight is 173 g/mol. The van der Waals surface area contributed by atoms with Gasteiger partial charge in [-0.05, 0) is 17.7 Å². The number of benzene rings is 1. The van der Waals surface area contributed by atoms with Crippen LogP contribution in [-0.2, 0) is 6.42 Å². The van der Waals surface area contributed by atoms with Crippen LogP contribution in [0.4, 0.5) is 5.69 Å². The lowest BCUT2D eigenvalue weighted by molar-refractivity contribution is 1.03. The third kappa shape index (κ3) is 1.87. The highest BCUT2D eigenvalue weighted by atomic mass is 14.9. The van der Waals surface area contributed by atoms with Crippen molar-refractivity contribution < 1.29 is 0 Å². The van der Waals surface area contributed by atoms with Gasteiger partial charge in [-0.15, -0.1) is 0 Å². The van der Waals surface area contributed by atoms with E-state index in [2.05, 4.69) is 9.97 Å². The maximum Gasteiger partial charge on any atom is 0.110 e. The summed E-state index contributed by atoms with van der Waals surface area (Å²) in [5.41, 5.74) is 7.58. The van der Waals surface area contributed by atoms with Crippen LogP contribution >= 0.6 is 0 Å². The standard InChI is InChI=1S/C10H11N3/c11-9-3-1-8(2-4-9)7-10-12-5-6-13-10/h1-6H,7,11H2,(H,12,13). The molecule has 0 fully saturated rings. The molecule has 0 atom stereocenters. The highest BCUT2D eigenvalue weighted by Gasteiger charge is 1.96. The zero-order valence-electron chi connectivity index (χ0n) is 7.20. The number of rotatable bonds is 2. The first-order valence-corrected chi connectivity index (χ1v) is 4.17. The van der Waals surface area contributed by atoms with Gasteiger partial charge in [-0.25, -0.2) is 4.98 Å². The van der Waals surface area contributed by atoms with Gasteiger partial charge in [-0.3, -0.25) is 0 Å². The molecule has 0 saturated heterocycles. The van der Waals surface area contributed by atoms with Crippen LogP contribution in [0.5, 0.6) is 0 Å². The second kappa shape index (κ2) is 3.31. The molecule has 0 amide bonds. The van der Waals surface area contributed by atoms with Crippen LogP contribution in [0.15, 0.2) is 36.7 Å². The van der Waals surface area contributed by atoms with Gasteiger partial charge in [-0.2, -0.15) is 0 Å². The third-order valence-corrected chi connectivity index (χ3v) is 1.91. The maximum atomic E-state index is 5.58. The Labute approximate surface area is 76.6 Å². The molecule has 0 spiro atoms. The van der Waals surface area contributed by atoms with Crippen molar-refractivity contribution in [1.82, 2.24) is 9.97 Å². The molecular formula is C10H11N3. The molecule has 2 aromatic rings. The molecule has 3 heteroatoms. The summed E-state index contributed by atoms with van der Waals surface area (Å²) in [6, 6.07) is 7.83. The molecule has 13 heavy (non-hydrogen) atoms. The number of aromatic amines is 1. The zero-order chi connectivity index (χ0) is 9.10. The van der Waals surface area contributed by atoms with Crippen LogP contribution in [0.1, 0.15) is 11.4 Å². The highest BCUT2D eigenvalue weighted by Crippen LogP contribution is 2.08. The van der Waals surface area contributed by atoms with E-state index in [4.69, 9.17) is 5.73 Å². The molecule has 1 heterocycles. The van der Waals surface area contributed by atoms with Gasteiger partial charge in [0, 0.05) is 24.5 Å². The molecule has 0 unspecified atom stereocenters. The number of nitrogens with two attached hydrogens (primary N) is 1. The SMILES string of the molecule is Nc1ccc(Cc2ncc[nH]2)cc1. The number of hydrogen-bond acceptors (Lipinski definition) is 2. The van der Waals surface area contributed by atoms with E-state index < -0.39 is 0 Å². The first-order chi connectivity index (χ1) is 6.34. The molecular weight excluding hydrogens is 162 g/mol. The topological polar surface area (TPSA) is 54.7 Å². The third-order valence-electron chi connectivity index (χ3n) is 1.91. The smallest absolute Gasteiger partial charge is 0.110 e. The molecule has 3 N–H and O–H groups in total. The normalized spacial score (nSPS) is 10.2. The van der Waals surface area contributed by atoms with Gasteiger partial charge in [0.2, 0.25) is 0 Å². The number of imidazole rings is 1. The molecule has 1 aromatic carbocycles. The van der Waals surface area contributed by atoms with Gasteiger partial charge in [-0.1, -0.05) is 12.1 Å². The summed E-state index contributed by atoms with van der Waals surface area (Å²) in [7, 11) is 0. The lowest BCUT2D eigenvalue weighted by Gasteiger charge is -1.98. The van der Waals surface area contributed by atoms with Crippen LogP contribution in [0.2, 0.25) is 0 Å². The Bertz CT molecular complexity index is 362. The largest absolute Gasteiger partial charge is 0.399 e. The predicted octanol–water partition coefficient (Wildman–Crippen LogP) is 1.58. The summed E-state index contributed by atoms with van der Waals surface area (Å²) in [4.78, 5) is 7.21. The van der Waals surface area contributed by atoms with Crippen molar-refractivity contribution >= 4 is 5.69 Å². The first-order valence-electron chi connectivity index (χ1n) is 4.17. The molecule has 0 aliphatic rings. The number of H-pyrrole nitrogens is 1. The minimum atomic E-state index is 0.795. The predicted molar refractivity (Wildman–Crippen MR) is 52.2 cm³/mol. The second-order valence-electron chi connectivity index (χ2n) is 2.95. The fraction of sp³-hybridized carbons (Fsp3) is 0.100. The van der Waals surface area contributed by atoms with Crippen molar-refractivity contribution in [3.63, 3.8) is 0 Å². The Morgan fingerprint density at radius 3 is 2.62 bits per heavy atom. The number of hydrogen-bond donors (Lipinski definition) is 2. The van der Waals surface area contributed by atoms with Gasteiger partial charge < -0.3 is 10.7 Å². The number of nitrogens with one attached hydrogen (secondary N) is 1. The van der Waals surface area contributed by atoms with Crippen LogP contribution in [0.3, 0.4) is 0 Å². The van der Waals surface area contributed by atoms with Gasteiger partial charge in [0.15, 0.2) is 0 Å². The van der Waals surface area contributed by atoms with Crippen molar-refractivity contribution in [2.45, 2.75) is 6.42 Å². The fourth-order valence-electron chi connectivity index (χ4n) is 1.22. The molecule has 1 aromatic heterocycles. The summed E-state index contributed by atoms with van der Waals surface area (Å²) < 4.78 is 0. The Hall–Kier alpha value is -1.77. The van der Waals surface area contributed by atoms with Crippen LogP contribution in [0, 0.1) is 0 Å². The Balaban J connectivity index is 2.15. The van der Waals surface area contributed by atoms with Crippen molar-refractivity contribution in [2.24, 2.45) is 0 Å². The Morgan fingerprint density at radius 2 is 2.00 bits per heavy atom. The van der Waals surface area contributed by atoms with E-state index in [9.17, 15) is 0 Å². The fourth-order valence-corrected chi connectivity index (χ4v) is 1.22. The van der Waals surface area contributed by atoms with E-state index in [1.165, 1.54) is 5.56 Å². The molecule has 3 nitrogen and oxygen atoms in total. The minimum Gasteiger partial charge on any atom is -0.399 e. The summed E-state index contributed by atoms with van der Waals surface area (Å²) in [6.45, 7) is 0. The van der Waals surface area contributed by atoms with Gasteiger partial charge in [0.25, 0.3) is 0 Å². The highest BCUT2D eigenvalue weighted by molar-refractivity contribution is 5.39. The van der Waals surface area contributed by atoms with Crippen LogP contribution in [0.25, 0.3) is 0 Å². The second-order valence-corrected chi connectivity index (χ2v) is 2.95. The zero-order valence-corrected chi connectivity index (χ0v) is 7.20. The molecule has 2 rings (SSSR count). The number of nitrogen functional groups attached to an aromatic ring is 1. The maximum absolute atomic E-state index is 5.58.